The summed E-state index contributed by atoms with van der Waals surface area (Å²) < 4.78 is 6.70. The summed E-state index contributed by atoms with van der Waals surface area (Å²) in [6.07, 6.45) is 3.47. The van der Waals surface area contributed by atoms with Gasteiger partial charge in [-0.15, -0.1) is 0 Å². The topological polar surface area (TPSA) is 80.6 Å². The zero-order chi connectivity index (χ0) is 21.0. The van der Waals surface area contributed by atoms with Crippen molar-refractivity contribution in [3.63, 3.8) is 0 Å². The fourth-order valence-corrected chi connectivity index (χ4v) is 3.38. The molecule has 0 saturated carbocycles. The molecule has 7 heteroatoms. The molecule has 0 radical (unpaired) electrons. The van der Waals surface area contributed by atoms with Gasteiger partial charge in [0.15, 0.2) is 0 Å². The van der Waals surface area contributed by atoms with Crippen LogP contribution in [0.3, 0.4) is 0 Å². The minimum absolute atomic E-state index is 0.0858. The summed E-state index contributed by atoms with van der Waals surface area (Å²) >= 11 is 0. The molecular formula is C22H27N3O4. The van der Waals surface area contributed by atoms with Crippen LogP contribution >= 0.6 is 0 Å². The molecule has 0 unspecified atom stereocenters. The number of piperidine rings is 1. The second-order valence-corrected chi connectivity index (χ2v) is 7.44. The smallest absolute Gasteiger partial charge is 0.274 e. The number of aryl methyl sites for hydroxylation is 1. The first-order valence-electron chi connectivity index (χ1n) is 9.93. The van der Waals surface area contributed by atoms with E-state index in [1.54, 1.807) is 36.2 Å². The Bertz CT molecular complexity index is 942. The van der Waals surface area contributed by atoms with Gasteiger partial charge in [-0.2, -0.15) is 0 Å². The van der Waals surface area contributed by atoms with Gasteiger partial charge >= 0.3 is 0 Å². The number of benzene rings is 1. The Kier molecular flexibility index (Phi) is 6.36. The molecule has 29 heavy (non-hydrogen) atoms. The average molecular weight is 397 g/mol. The Morgan fingerprint density at radius 1 is 1.14 bits per heavy atom. The number of likely N-dealkylation sites (tertiary alicyclic amines) is 1. The maximum atomic E-state index is 12.9. The molecule has 0 bridgehead atoms. The summed E-state index contributed by atoms with van der Waals surface area (Å²) in [5, 5.41) is 2.64. The molecular weight excluding hydrogens is 370 g/mol. The Morgan fingerprint density at radius 3 is 2.41 bits per heavy atom. The molecule has 0 spiro atoms. The summed E-state index contributed by atoms with van der Waals surface area (Å²) in [6.45, 7) is 6.02. The lowest BCUT2D eigenvalue weighted by atomic mass is 9.99. The Labute approximate surface area is 170 Å². The van der Waals surface area contributed by atoms with Crippen LogP contribution in [0, 0.1) is 5.92 Å². The molecule has 2 amide bonds. The third kappa shape index (κ3) is 4.85. The maximum Gasteiger partial charge on any atom is 0.274 e. The zero-order valence-electron chi connectivity index (χ0n) is 17.1. The lowest BCUT2D eigenvalue weighted by Crippen LogP contribution is -2.38. The predicted octanol–water partition coefficient (Wildman–Crippen LogP) is 2.91. The fourth-order valence-electron chi connectivity index (χ4n) is 3.38. The standard InChI is InChI=1S/C22H27N3O4/c1-4-29-18-7-5-16(6-8-18)20(26)23-19-13-17(14-24(3)22(19)28)21(27)25-11-9-15(2)10-12-25/h5-8,13-15H,4,9-12H2,1-3H3,(H,23,26). The molecule has 1 N–H and O–H groups in total. The molecule has 1 aliphatic heterocycles. The van der Waals surface area contributed by atoms with Crippen LogP contribution in [0.5, 0.6) is 5.75 Å². The van der Waals surface area contributed by atoms with Gasteiger partial charge in [0, 0.05) is 31.9 Å². The van der Waals surface area contributed by atoms with Gasteiger partial charge in [0.1, 0.15) is 11.4 Å². The van der Waals surface area contributed by atoms with E-state index < -0.39 is 5.91 Å². The van der Waals surface area contributed by atoms with Crippen molar-refractivity contribution in [2.45, 2.75) is 26.7 Å². The second-order valence-electron chi connectivity index (χ2n) is 7.44. The molecule has 3 rings (SSSR count). The normalized spacial score (nSPS) is 14.5. The molecule has 154 valence electrons. The quantitative estimate of drug-likeness (QED) is 0.841. The van der Waals surface area contributed by atoms with Crippen molar-refractivity contribution >= 4 is 17.5 Å². The van der Waals surface area contributed by atoms with Crippen LogP contribution in [-0.2, 0) is 7.05 Å². The molecule has 2 aromatic rings. The van der Waals surface area contributed by atoms with Gasteiger partial charge in [0.05, 0.1) is 12.2 Å². The number of anilines is 1. The van der Waals surface area contributed by atoms with Crippen LogP contribution in [-0.4, -0.2) is 41.0 Å². The largest absolute Gasteiger partial charge is 0.494 e. The SMILES string of the molecule is CCOc1ccc(C(=O)Nc2cc(C(=O)N3CCC(C)CC3)cn(C)c2=O)cc1. The van der Waals surface area contributed by atoms with Crippen molar-refractivity contribution in [2.24, 2.45) is 13.0 Å². The fraction of sp³-hybridized carbons (Fsp3) is 0.409. The van der Waals surface area contributed by atoms with E-state index in [1.165, 1.54) is 16.8 Å². The van der Waals surface area contributed by atoms with Gasteiger partial charge in [0.2, 0.25) is 0 Å². The first-order chi connectivity index (χ1) is 13.9. The van der Waals surface area contributed by atoms with Gasteiger partial charge in [0.25, 0.3) is 17.4 Å². The molecule has 0 atom stereocenters. The number of nitrogens with one attached hydrogen (secondary N) is 1. The van der Waals surface area contributed by atoms with Gasteiger partial charge in [-0.25, -0.2) is 0 Å². The van der Waals surface area contributed by atoms with Crippen LogP contribution in [0.2, 0.25) is 0 Å². The number of amides is 2. The van der Waals surface area contributed by atoms with E-state index in [0.29, 0.717) is 42.5 Å². The van der Waals surface area contributed by atoms with Crippen LogP contribution in [0.1, 0.15) is 47.4 Å². The third-order valence-corrected chi connectivity index (χ3v) is 5.18. The number of hydrogen-bond acceptors (Lipinski definition) is 4. The van der Waals surface area contributed by atoms with Gasteiger partial charge in [-0.05, 0) is 56.0 Å². The minimum Gasteiger partial charge on any atom is -0.494 e. The lowest BCUT2D eigenvalue weighted by molar-refractivity contribution is 0.0696. The van der Waals surface area contributed by atoms with Crippen LogP contribution < -0.4 is 15.6 Å². The second kappa shape index (κ2) is 8.94. The molecule has 1 aromatic heterocycles. The Balaban J connectivity index is 1.79. The van der Waals surface area contributed by atoms with Crippen molar-refractivity contribution in [3.05, 3.63) is 58.0 Å². The van der Waals surface area contributed by atoms with Gasteiger partial charge in [-0.1, -0.05) is 6.92 Å². The van der Waals surface area contributed by atoms with E-state index in [2.05, 4.69) is 12.2 Å². The maximum absolute atomic E-state index is 12.9. The number of carbonyl (C=O) groups excluding carboxylic acids is 2. The number of aromatic nitrogens is 1. The molecule has 1 fully saturated rings. The van der Waals surface area contributed by atoms with Crippen LogP contribution in [0.4, 0.5) is 5.69 Å². The van der Waals surface area contributed by atoms with Crippen LogP contribution in [0.15, 0.2) is 41.3 Å². The van der Waals surface area contributed by atoms with Crippen LogP contribution in [0.25, 0.3) is 0 Å². The molecule has 0 aliphatic carbocycles. The van der Waals surface area contributed by atoms with Crippen molar-refractivity contribution in [3.8, 4) is 5.75 Å². The minimum atomic E-state index is -0.415. The number of pyridine rings is 1. The highest BCUT2D eigenvalue weighted by Gasteiger charge is 2.23. The van der Waals surface area contributed by atoms with E-state index in [-0.39, 0.29) is 17.2 Å². The lowest BCUT2D eigenvalue weighted by Gasteiger charge is -2.30. The van der Waals surface area contributed by atoms with Gasteiger partial charge in [-0.3, -0.25) is 14.4 Å². The van der Waals surface area contributed by atoms with Gasteiger partial charge < -0.3 is 19.5 Å². The summed E-state index contributed by atoms with van der Waals surface area (Å²) in [5.41, 5.74) is 0.511. The Morgan fingerprint density at radius 2 is 1.79 bits per heavy atom. The first kappa shape index (κ1) is 20.6. The van der Waals surface area contributed by atoms with Crippen molar-refractivity contribution in [2.75, 3.05) is 25.0 Å². The van der Waals surface area contributed by atoms with E-state index in [1.807, 2.05) is 6.92 Å². The number of nitrogens with zero attached hydrogens (tertiary/aromatic N) is 2. The van der Waals surface area contributed by atoms with Crippen molar-refractivity contribution < 1.29 is 14.3 Å². The summed E-state index contributed by atoms with van der Waals surface area (Å²) in [5.74, 6) is 0.747. The average Bonchev–Trinajstić information content (AvgIpc) is 2.72. The number of ether oxygens (including phenoxy) is 1. The van der Waals surface area contributed by atoms with E-state index in [0.717, 1.165) is 12.8 Å². The highest BCUT2D eigenvalue weighted by atomic mass is 16.5. The number of carbonyl (C=O) groups is 2. The third-order valence-electron chi connectivity index (χ3n) is 5.18. The highest BCUT2D eigenvalue weighted by molar-refractivity contribution is 6.05. The summed E-state index contributed by atoms with van der Waals surface area (Å²) in [7, 11) is 1.57. The molecule has 7 nitrogen and oxygen atoms in total. The molecule has 1 saturated heterocycles. The molecule has 2 heterocycles. The molecule has 1 aromatic carbocycles. The summed E-state index contributed by atoms with van der Waals surface area (Å²) in [6, 6.07) is 8.14. The van der Waals surface area contributed by atoms with E-state index >= 15 is 0 Å². The first-order valence-corrected chi connectivity index (χ1v) is 9.93. The van der Waals surface area contributed by atoms with E-state index in [9.17, 15) is 14.4 Å². The highest BCUT2D eigenvalue weighted by Crippen LogP contribution is 2.19. The molecule has 1 aliphatic rings. The van der Waals surface area contributed by atoms with Crippen molar-refractivity contribution in [1.82, 2.24) is 9.47 Å². The van der Waals surface area contributed by atoms with Crippen molar-refractivity contribution in [1.29, 1.82) is 0 Å². The monoisotopic (exact) mass is 397 g/mol. The number of rotatable bonds is 5. The summed E-state index contributed by atoms with van der Waals surface area (Å²) in [4.78, 5) is 39.7. The predicted molar refractivity (Wildman–Crippen MR) is 112 cm³/mol. The zero-order valence-corrected chi connectivity index (χ0v) is 17.1. The number of hydrogen-bond donors (Lipinski definition) is 1. The Hall–Kier alpha value is -3.09. The van der Waals surface area contributed by atoms with E-state index in [4.69, 9.17) is 4.74 Å².